The predicted octanol–water partition coefficient (Wildman–Crippen LogP) is 3.00. The van der Waals surface area contributed by atoms with Crippen LogP contribution in [0.2, 0.25) is 0 Å². The summed E-state index contributed by atoms with van der Waals surface area (Å²) >= 11 is 1.36. The number of nitro groups is 1. The normalized spacial score (nSPS) is 10.4. The first kappa shape index (κ1) is 13.3. The second-order valence-electron chi connectivity index (χ2n) is 3.79. The van der Waals surface area contributed by atoms with Gasteiger partial charge in [-0.05, 0) is 23.8 Å². The molecule has 2 rings (SSSR count). The zero-order valence-electron chi connectivity index (χ0n) is 9.75. The van der Waals surface area contributed by atoms with Crippen molar-refractivity contribution in [2.45, 2.75) is 10.8 Å². The van der Waals surface area contributed by atoms with Crippen molar-refractivity contribution in [2.75, 3.05) is 5.73 Å². The minimum Gasteiger partial charge on any atom is -0.397 e. The van der Waals surface area contributed by atoms with Crippen molar-refractivity contribution < 1.29 is 9.31 Å². The molecule has 2 aromatic rings. The average molecular weight is 279 g/mol. The van der Waals surface area contributed by atoms with Crippen LogP contribution in [0.1, 0.15) is 5.56 Å². The highest BCUT2D eigenvalue weighted by atomic mass is 32.2. The number of nitro benzene ring substituents is 1. The molecule has 0 aliphatic carbocycles. The summed E-state index contributed by atoms with van der Waals surface area (Å²) in [5.74, 6) is -0.217. The number of hydrogen-bond acceptors (Lipinski definition) is 5. The zero-order chi connectivity index (χ0) is 13.8. The molecule has 5 nitrogen and oxygen atoms in total. The number of halogens is 1. The lowest BCUT2D eigenvalue weighted by molar-refractivity contribution is -0.385. The lowest BCUT2D eigenvalue weighted by Crippen LogP contribution is -1.92. The van der Waals surface area contributed by atoms with Crippen LogP contribution in [0.4, 0.5) is 15.8 Å². The van der Waals surface area contributed by atoms with E-state index in [0.717, 1.165) is 11.1 Å². The Morgan fingerprint density at radius 1 is 1.37 bits per heavy atom. The third-order valence-electron chi connectivity index (χ3n) is 2.30. The van der Waals surface area contributed by atoms with Gasteiger partial charge in [0, 0.05) is 11.8 Å². The number of hydrogen-bond donors (Lipinski definition) is 1. The number of benzene rings is 1. The van der Waals surface area contributed by atoms with Crippen molar-refractivity contribution in [3.05, 3.63) is 58.0 Å². The summed E-state index contributed by atoms with van der Waals surface area (Å²) in [5, 5.41) is 11.3. The van der Waals surface area contributed by atoms with E-state index in [4.69, 9.17) is 5.73 Å². The molecular weight excluding hydrogens is 269 g/mol. The number of anilines is 1. The van der Waals surface area contributed by atoms with Gasteiger partial charge in [-0.15, -0.1) is 11.8 Å². The maximum atomic E-state index is 13.2. The van der Waals surface area contributed by atoms with Crippen molar-refractivity contribution in [2.24, 2.45) is 0 Å². The standard InChI is InChI=1S/C12H10FN3O2S/c13-9-3-8(4-11(5-9)16(17)18)7-19-12-2-1-10(14)6-15-12/h1-6H,7,14H2. The van der Waals surface area contributed by atoms with Gasteiger partial charge in [-0.2, -0.15) is 0 Å². The number of non-ortho nitro benzene ring substituents is 1. The third kappa shape index (κ3) is 3.65. The van der Waals surface area contributed by atoms with Crippen LogP contribution in [0.3, 0.4) is 0 Å². The van der Waals surface area contributed by atoms with E-state index in [1.165, 1.54) is 30.1 Å². The van der Waals surface area contributed by atoms with Crippen LogP contribution in [-0.2, 0) is 5.75 Å². The first-order valence-electron chi connectivity index (χ1n) is 5.33. The number of rotatable bonds is 4. The van der Waals surface area contributed by atoms with Gasteiger partial charge in [0.2, 0.25) is 0 Å². The largest absolute Gasteiger partial charge is 0.397 e. The second kappa shape index (κ2) is 5.66. The highest BCUT2D eigenvalue weighted by molar-refractivity contribution is 7.98. The van der Waals surface area contributed by atoms with Gasteiger partial charge in [0.05, 0.1) is 27.9 Å². The Labute approximate surface area is 112 Å². The summed E-state index contributed by atoms with van der Waals surface area (Å²) in [6.45, 7) is 0. The Kier molecular flexibility index (Phi) is 3.96. The van der Waals surface area contributed by atoms with Gasteiger partial charge >= 0.3 is 0 Å². The van der Waals surface area contributed by atoms with Gasteiger partial charge in [-0.25, -0.2) is 9.37 Å². The Hall–Kier alpha value is -2.15. The van der Waals surface area contributed by atoms with Crippen molar-refractivity contribution >= 4 is 23.1 Å². The Morgan fingerprint density at radius 3 is 2.79 bits per heavy atom. The van der Waals surface area contributed by atoms with Crippen LogP contribution in [0.5, 0.6) is 0 Å². The molecule has 0 fully saturated rings. The number of aromatic nitrogens is 1. The van der Waals surface area contributed by atoms with Crippen LogP contribution in [0, 0.1) is 15.9 Å². The SMILES string of the molecule is Nc1ccc(SCc2cc(F)cc([N+](=O)[O-])c2)nc1. The number of pyridine rings is 1. The molecule has 0 saturated heterocycles. The maximum Gasteiger partial charge on any atom is 0.272 e. The summed E-state index contributed by atoms with van der Waals surface area (Å²) in [6, 6.07) is 6.98. The fourth-order valence-electron chi connectivity index (χ4n) is 1.46. The van der Waals surface area contributed by atoms with E-state index in [-0.39, 0.29) is 5.69 Å². The van der Waals surface area contributed by atoms with Crippen LogP contribution in [0.25, 0.3) is 0 Å². The van der Waals surface area contributed by atoms with Crippen molar-refractivity contribution in [1.82, 2.24) is 4.98 Å². The van der Waals surface area contributed by atoms with Crippen LogP contribution in [0.15, 0.2) is 41.6 Å². The van der Waals surface area contributed by atoms with Gasteiger partial charge in [-0.3, -0.25) is 10.1 Å². The van der Waals surface area contributed by atoms with Gasteiger partial charge < -0.3 is 5.73 Å². The second-order valence-corrected chi connectivity index (χ2v) is 4.79. The Balaban J connectivity index is 2.11. The molecule has 0 saturated carbocycles. The average Bonchev–Trinajstić information content (AvgIpc) is 2.37. The number of nitrogen functional groups attached to an aromatic ring is 1. The molecule has 0 atom stereocenters. The van der Waals surface area contributed by atoms with E-state index in [1.54, 1.807) is 12.1 Å². The van der Waals surface area contributed by atoms with E-state index >= 15 is 0 Å². The summed E-state index contributed by atoms with van der Waals surface area (Å²) in [6.07, 6.45) is 1.52. The van der Waals surface area contributed by atoms with Crippen molar-refractivity contribution in [3.63, 3.8) is 0 Å². The Bertz CT molecular complexity index is 604. The highest BCUT2D eigenvalue weighted by Gasteiger charge is 2.10. The molecule has 0 aliphatic heterocycles. The summed E-state index contributed by atoms with van der Waals surface area (Å²) < 4.78 is 13.2. The van der Waals surface area contributed by atoms with E-state index < -0.39 is 10.7 Å². The molecule has 0 bridgehead atoms. The molecule has 1 aromatic heterocycles. The van der Waals surface area contributed by atoms with E-state index in [2.05, 4.69) is 4.98 Å². The van der Waals surface area contributed by atoms with Gasteiger partial charge in [0.15, 0.2) is 0 Å². The smallest absolute Gasteiger partial charge is 0.272 e. The van der Waals surface area contributed by atoms with Gasteiger partial charge in [-0.1, -0.05) is 0 Å². The summed E-state index contributed by atoms with van der Waals surface area (Å²) in [5.41, 5.74) is 6.36. The molecule has 98 valence electrons. The quantitative estimate of drug-likeness (QED) is 0.528. The van der Waals surface area contributed by atoms with Gasteiger partial charge in [0.1, 0.15) is 5.82 Å². The minimum atomic E-state index is -0.616. The van der Waals surface area contributed by atoms with Gasteiger partial charge in [0.25, 0.3) is 5.69 Å². The first-order valence-corrected chi connectivity index (χ1v) is 6.31. The van der Waals surface area contributed by atoms with E-state index in [1.807, 2.05) is 0 Å². The fourth-order valence-corrected chi connectivity index (χ4v) is 2.23. The van der Waals surface area contributed by atoms with Crippen molar-refractivity contribution in [1.29, 1.82) is 0 Å². The summed E-state index contributed by atoms with van der Waals surface area (Å²) in [4.78, 5) is 14.1. The topological polar surface area (TPSA) is 82.0 Å². The van der Waals surface area contributed by atoms with Crippen LogP contribution >= 0.6 is 11.8 Å². The molecule has 0 unspecified atom stereocenters. The summed E-state index contributed by atoms with van der Waals surface area (Å²) in [7, 11) is 0. The molecule has 0 amide bonds. The number of nitrogens with two attached hydrogens (primary N) is 1. The molecule has 19 heavy (non-hydrogen) atoms. The maximum absolute atomic E-state index is 13.2. The van der Waals surface area contributed by atoms with Crippen LogP contribution < -0.4 is 5.73 Å². The lowest BCUT2D eigenvalue weighted by atomic mass is 10.2. The lowest BCUT2D eigenvalue weighted by Gasteiger charge is -2.02. The number of nitrogens with zero attached hydrogens (tertiary/aromatic N) is 2. The molecule has 0 radical (unpaired) electrons. The number of thioether (sulfide) groups is 1. The first-order chi connectivity index (χ1) is 9.04. The molecule has 1 aromatic carbocycles. The molecule has 1 heterocycles. The van der Waals surface area contributed by atoms with Crippen molar-refractivity contribution in [3.8, 4) is 0 Å². The highest BCUT2D eigenvalue weighted by Crippen LogP contribution is 2.24. The predicted molar refractivity (Wildman–Crippen MR) is 71.3 cm³/mol. The zero-order valence-corrected chi connectivity index (χ0v) is 10.6. The minimum absolute atomic E-state index is 0.249. The fraction of sp³-hybridized carbons (Fsp3) is 0.0833. The molecular formula is C12H10FN3O2S. The monoisotopic (exact) mass is 279 g/mol. The third-order valence-corrected chi connectivity index (χ3v) is 3.31. The Morgan fingerprint density at radius 2 is 2.16 bits per heavy atom. The molecule has 7 heteroatoms. The van der Waals surface area contributed by atoms with Crippen LogP contribution in [-0.4, -0.2) is 9.91 Å². The molecule has 0 spiro atoms. The van der Waals surface area contributed by atoms with E-state index in [0.29, 0.717) is 17.0 Å². The molecule has 0 aliphatic rings. The van der Waals surface area contributed by atoms with E-state index in [9.17, 15) is 14.5 Å². The molecule has 2 N–H and O–H groups in total.